The zero-order chi connectivity index (χ0) is 21.3. The number of rotatable bonds is 8. The van der Waals surface area contributed by atoms with Gasteiger partial charge in [0.2, 0.25) is 0 Å². The van der Waals surface area contributed by atoms with Crippen molar-refractivity contribution in [2.75, 3.05) is 40.8 Å². The van der Waals surface area contributed by atoms with Gasteiger partial charge in [-0.2, -0.15) is 0 Å². The molecule has 0 radical (unpaired) electrons. The minimum atomic E-state index is -0.213. The van der Waals surface area contributed by atoms with Crippen LogP contribution in [-0.2, 0) is 13.1 Å². The van der Waals surface area contributed by atoms with E-state index in [-0.39, 0.29) is 11.9 Å². The maximum absolute atomic E-state index is 13.6. The molecule has 6 heteroatoms. The number of hydrogen-bond acceptors (Lipinski definition) is 3. The fourth-order valence-electron chi connectivity index (χ4n) is 3.87. The van der Waals surface area contributed by atoms with Crippen LogP contribution in [0.25, 0.3) is 0 Å². The second-order valence-corrected chi connectivity index (χ2v) is 8.14. The van der Waals surface area contributed by atoms with Crippen LogP contribution in [0.2, 0.25) is 0 Å². The number of guanidine groups is 1. The Morgan fingerprint density at radius 1 is 1.07 bits per heavy atom. The van der Waals surface area contributed by atoms with E-state index in [4.69, 9.17) is 0 Å². The molecule has 0 aromatic heterocycles. The average Bonchev–Trinajstić information content (AvgIpc) is 3.24. The van der Waals surface area contributed by atoms with Crippen LogP contribution in [-0.4, -0.2) is 56.5 Å². The predicted octanol–water partition coefficient (Wildman–Crippen LogP) is 3.39. The van der Waals surface area contributed by atoms with Gasteiger partial charge in [-0.1, -0.05) is 36.4 Å². The Morgan fingerprint density at radius 2 is 1.77 bits per heavy atom. The fourth-order valence-corrected chi connectivity index (χ4v) is 3.87. The van der Waals surface area contributed by atoms with Crippen LogP contribution in [0, 0.1) is 5.82 Å². The molecule has 5 nitrogen and oxygen atoms in total. The summed E-state index contributed by atoms with van der Waals surface area (Å²) < 4.78 is 13.6. The van der Waals surface area contributed by atoms with Gasteiger partial charge < -0.3 is 15.5 Å². The van der Waals surface area contributed by atoms with Crippen molar-refractivity contribution in [2.24, 2.45) is 4.99 Å². The molecule has 3 rings (SSSR count). The molecule has 1 fully saturated rings. The van der Waals surface area contributed by atoms with Crippen LogP contribution in [0.1, 0.15) is 35.6 Å². The summed E-state index contributed by atoms with van der Waals surface area (Å²) in [6, 6.07) is 15.6. The smallest absolute Gasteiger partial charge is 0.191 e. The normalized spacial score (nSPS) is 16.1. The highest BCUT2D eigenvalue weighted by Gasteiger charge is 2.15. The average molecular weight is 412 g/mol. The van der Waals surface area contributed by atoms with Crippen molar-refractivity contribution in [2.45, 2.75) is 32.0 Å². The van der Waals surface area contributed by atoms with Crippen molar-refractivity contribution < 1.29 is 4.39 Å². The molecule has 162 valence electrons. The Morgan fingerprint density at radius 3 is 2.40 bits per heavy atom. The third-order valence-corrected chi connectivity index (χ3v) is 5.63. The summed E-state index contributed by atoms with van der Waals surface area (Å²) in [5.74, 6) is 0.523. The van der Waals surface area contributed by atoms with Gasteiger partial charge in [-0.3, -0.25) is 9.89 Å². The van der Waals surface area contributed by atoms with Crippen LogP contribution in [0.3, 0.4) is 0 Å². The molecular weight excluding hydrogens is 377 g/mol. The molecule has 1 aliphatic heterocycles. The number of hydrogen-bond donors (Lipinski definition) is 2. The molecule has 0 amide bonds. The van der Waals surface area contributed by atoms with E-state index in [0.717, 1.165) is 18.1 Å². The zero-order valence-corrected chi connectivity index (χ0v) is 18.4. The third-order valence-electron chi connectivity index (χ3n) is 5.63. The van der Waals surface area contributed by atoms with Crippen LogP contribution >= 0.6 is 0 Å². The Bertz CT molecular complexity index is 813. The quantitative estimate of drug-likeness (QED) is 0.516. The molecule has 1 saturated heterocycles. The van der Waals surface area contributed by atoms with Crippen LogP contribution in [0.4, 0.5) is 4.39 Å². The van der Waals surface area contributed by atoms with E-state index in [9.17, 15) is 4.39 Å². The number of benzene rings is 2. The minimum Gasteiger partial charge on any atom is -0.354 e. The number of nitrogens with one attached hydrogen (secondary N) is 2. The largest absolute Gasteiger partial charge is 0.354 e. The number of likely N-dealkylation sites (tertiary alicyclic amines) is 1. The molecule has 2 N–H and O–H groups in total. The van der Waals surface area contributed by atoms with E-state index in [1.807, 2.05) is 20.2 Å². The summed E-state index contributed by atoms with van der Waals surface area (Å²) in [5.41, 5.74) is 3.53. The highest BCUT2D eigenvalue weighted by atomic mass is 19.1. The summed E-state index contributed by atoms with van der Waals surface area (Å²) in [7, 11) is 5.76. The van der Waals surface area contributed by atoms with E-state index >= 15 is 0 Å². The lowest BCUT2D eigenvalue weighted by atomic mass is 10.1. The molecule has 2 aromatic rings. The van der Waals surface area contributed by atoms with Crippen molar-refractivity contribution in [1.29, 1.82) is 0 Å². The van der Waals surface area contributed by atoms with Gasteiger partial charge in [0.15, 0.2) is 5.96 Å². The molecule has 1 heterocycles. The molecule has 30 heavy (non-hydrogen) atoms. The first-order chi connectivity index (χ1) is 14.5. The summed E-state index contributed by atoms with van der Waals surface area (Å²) >= 11 is 0. The molecule has 0 saturated carbocycles. The summed E-state index contributed by atoms with van der Waals surface area (Å²) in [4.78, 5) is 8.92. The number of halogens is 1. The standard InChI is InChI=1S/C24H34FN5/c1-26-24(28-17-23(29(2)3)21-7-6-8-22(25)15-21)27-16-19-9-11-20(12-10-19)18-30-13-4-5-14-30/h6-12,15,23H,4-5,13-14,16-18H2,1-3H3,(H2,26,27,28). The maximum Gasteiger partial charge on any atom is 0.191 e. The van der Waals surface area contributed by atoms with Gasteiger partial charge in [0.25, 0.3) is 0 Å². The van der Waals surface area contributed by atoms with Crippen LogP contribution in [0.15, 0.2) is 53.5 Å². The predicted molar refractivity (Wildman–Crippen MR) is 122 cm³/mol. The Labute approximate surface area is 180 Å². The van der Waals surface area contributed by atoms with Gasteiger partial charge in [0.1, 0.15) is 5.82 Å². The van der Waals surface area contributed by atoms with Gasteiger partial charge in [-0.25, -0.2) is 4.39 Å². The van der Waals surface area contributed by atoms with E-state index in [1.54, 1.807) is 19.2 Å². The van der Waals surface area contributed by atoms with E-state index in [1.165, 1.54) is 43.1 Å². The summed E-state index contributed by atoms with van der Waals surface area (Å²) in [6.45, 7) is 4.81. The highest BCUT2D eigenvalue weighted by molar-refractivity contribution is 5.79. The van der Waals surface area contributed by atoms with Gasteiger partial charge in [-0.05, 0) is 68.8 Å². The van der Waals surface area contributed by atoms with Crippen molar-refractivity contribution in [1.82, 2.24) is 20.4 Å². The molecule has 1 unspecified atom stereocenters. The molecule has 0 spiro atoms. The lowest BCUT2D eigenvalue weighted by Gasteiger charge is -2.26. The Kier molecular flexibility index (Phi) is 8.22. The Hall–Kier alpha value is -2.44. The van der Waals surface area contributed by atoms with Crippen LogP contribution < -0.4 is 10.6 Å². The first-order valence-electron chi connectivity index (χ1n) is 10.7. The van der Waals surface area contributed by atoms with Gasteiger partial charge >= 0.3 is 0 Å². The summed E-state index contributed by atoms with van der Waals surface area (Å²) in [5, 5.41) is 6.74. The fraction of sp³-hybridized carbons (Fsp3) is 0.458. The lowest BCUT2D eigenvalue weighted by molar-refractivity contribution is 0.297. The number of nitrogens with zero attached hydrogens (tertiary/aromatic N) is 3. The lowest BCUT2D eigenvalue weighted by Crippen LogP contribution is -2.41. The molecule has 1 atom stereocenters. The number of likely N-dealkylation sites (N-methyl/N-ethyl adjacent to an activating group) is 1. The minimum absolute atomic E-state index is 0.0455. The Balaban J connectivity index is 1.50. The zero-order valence-electron chi connectivity index (χ0n) is 18.4. The molecular formula is C24H34FN5. The van der Waals surface area contributed by atoms with E-state index in [2.05, 4.69) is 49.7 Å². The highest BCUT2D eigenvalue weighted by Crippen LogP contribution is 2.18. The van der Waals surface area contributed by atoms with Crippen molar-refractivity contribution in [3.63, 3.8) is 0 Å². The number of aliphatic imine (C=N–C) groups is 1. The van der Waals surface area contributed by atoms with E-state index in [0.29, 0.717) is 13.1 Å². The topological polar surface area (TPSA) is 42.9 Å². The SMILES string of the molecule is CN=C(NCc1ccc(CN2CCCC2)cc1)NCC(c1cccc(F)c1)N(C)C. The molecule has 0 aliphatic carbocycles. The molecule has 1 aliphatic rings. The second kappa shape index (κ2) is 11.1. The first kappa shape index (κ1) is 22.2. The van der Waals surface area contributed by atoms with Crippen LogP contribution in [0.5, 0.6) is 0 Å². The second-order valence-electron chi connectivity index (χ2n) is 8.14. The third kappa shape index (κ3) is 6.54. The van der Waals surface area contributed by atoms with Gasteiger partial charge in [-0.15, -0.1) is 0 Å². The molecule has 2 aromatic carbocycles. The van der Waals surface area contributed by atoms with Crippen molar-refractivity contribution >= 4 is 5.96 Å². The van der Waals surface area contributed by atoms with Gasteiger partial charge in [0.05, 0.1) is 6.04 Å². The first-order valence-corrected chi connectivity index (χ1v) is 10.7. The van der Waals surface area contributed by atoms with Crippen molar-refractivity contribution in [3.05, 3.63) is 71.0 Å². The van der Waals surface area contributed by atoms with Crippen molar-refractivity contribution in [3.8, 4) is 0 Å². The monoisotopic (exact) mass is 411 g/mol. The van der Waals surface area contributed by atoms with Gasteiger partial charge in [0, 0.05) is 26.7 Å². The summed E-state index contributed by atoms with van der Waals surface area (Å²) in [6.07, 6.45) is 2.64. The van der Waals surface area contributed by atoms with E-state index < -0.39 is 0 Å². The maximum atomic E-state index is 13.6. The molecule has 0 bridgehead atoms.